The molecule has 0 aliphatic carbocycles. The molecule has 0 unspecified atom stereocenters. The summed E-state index contributed by atoms with van der Waals surface area (Å²) in [6.07, 6.45) is 0. The second-order valence-corrected chi connectivity index (χ2v) is 7.81. The van der Waals surface area contributed by atoms with Crippen LogP contribution in [0.3, 0.4) is 0 Å². The molecule has 30 heavy (non-hydrogen) atoms. The fourth-order valence-corrected chi connectivity index (χ4v) is 4.30. The molecule has 5 aromatic rings. The maximum Gasteiger partial charge on any atom is 0.166 e. The molecule has 7 heteroatoms. The Hall–Kier alpha value is -3.45. The van der Waals surface area contributed by atoms with E-state index in [2.05, 4.69) is 21.0 Å². The average molecular weight is 417 g/mol. The molecule has 0 fully saturated rings. The lowest BCUT2D eigenvalue weighted by Crippen LogP contribution is -1.92. The minimum atomic E-state index is 0.716. The highest BCUT2D eigenvalue weighted by Gasteiger charge is 2.11. The van der Waals surface area contributed by atoms with E-state index in [0.29, 0.717) is 5.75 Å². The number of hydrogen-bond acceptors (Lipinski definition) is 5. The number of nitrogens with one attached hydrogen (secondary N) is 2. The number of aromatic amines is 2. The van der Waals surface area contributed by atoms with Gasteiger partial charge in [0.15, 0.2) is 5.16 Å². The van der Waals surface area contributed by atoms with Gasteiger partial charge in [-0.15, -0.1) is 0 Å². The van der Waals surface area contributed by atoms with Crippen molar-refractivity contribution in [2.24, 2.45) is 0 Å². The van der Waals surface area contributed by atoms with Crippen molar-refractivity contribution in [2.45, 2.75) is 10.9 Å². The topological polar surface area (TPSA) is 75.8 Å². The highest BCUT2D eigenvalue weighted by molar-refractivity contribution is 7.98. The summed E-state index contributed by atoms with van der Waals surface area (Å²) in [5.74, 6) is 3.22. The minimum Gasteiger partial charge on any atom is -0.497 e. The third-order valence-electron chi connectivity index (χ3n) is 4.97. The van der Waals surface area contributed by atoms with Crippen LogP contribution in [0.25, 0.3) is 33.5 Å². The van der Waals surface area contributed by atoms with E-state index in [1.165, 1.54) is 0 Å². The normalized spacial score (nSPS) is 11.3. The Morgan fingerprint density at radius 2 is 1.70 bits per heavy atom. The SMILES string of the molecule is COc1ccc2nc(SCc3cc(-c4nc5ccccc5[nH]4)ccc3OC)[nH]c2c1. The molecule has 0 saturated carbocycles. The molecule has 0 bridgehead atoms. The Labute approximate surface area is 177 Å². The standard InChI is InChI=1S/C23H20N4O2S/c1-28-16-8-9-19-20(12-16)27-23(26-19)30-13-15-11-14(7-10-21(15)29-2)22-24-17-5-3-4-6-18(17)25-22/h3-12H,13H2,1-2H3,(H,24,25)(H,26,27). The fraction of sp³-hybridized carbons (Fsp3) is 0.130. The van der Waals surface area contributed by atoms with Gasteiger partial charge >= 0.3 is 0 Å². The molecule has 150 valence electrons. The van der Waals surface area contributed by atoms with Crippen LogP contribution in [0.2, 0.25) is 0 Å². The zero-order valence-corrected chi connectivity index (χ0v) is 17.4. The number of imidazole rings is 2. The lowest BCUT2D eigenvalue weighted by atomic mass is 10.1. The zero-order chi connectivity index (χ0) is 20.5. The van der Waals surface area contributed by atoms with E-state index in [0.717, 1.165) is 55.7 Å². The number of benzene rings is 3. The second-order valence-electron chi connectivity index (χ2n) is 6.84. The van der Waals surface area contributed by atoms with Crippen molar-refractivity contribution in [1.82, 2.24) is 19.9 Å². The maximum atomic E-state index is 5.58. The maximum absolute atomic E-state index is 5.58. The molecule has 0 aliphatic rings. The summed E-state index contributed by atoms with van der Waals surface area (Å²) in [6.45, 7) is 0. The van der Waals surface area contributed by atoms with Crippen molar-refractivity contribution in [3.63, 3.8) is 0 Å². The summed E-state index contributed by atoms with van der Waals surface area (Å²) in [5.41, 5.74) is 5.96. The van der Waals surface area contributed by atoms with Crippen LogP contribution in [0, 0.1) is 0 Å². The van der Waals surface area contributed by atoms with E-state index < -0.39 is 0 Å². The van der Waals surface area contributed by atoms with Gasteiger partial charge in [-0.3, -0.25) is 0 Å². The molecule has 0 saturated heterocycles. The van der Waals surface area contributed by atoms with Crippen molar-refractivity contribution < 1.29 is 9.47 Å². The van der Waals surface area contributed by atoms with Gasteiger partial charge in [-0.25, -0.2) is 9.97 Å². The van der Waals surface area contributed by atoms with E-state index >= 15 is 0 Å². The number of H-pyrrole nitrogens is 2. The summed E-state index contributed by atoms with van der Waals surface area (Å²) in [4.78, 5) is 16.1. The third-order valence-corrected chi connectivity index (χ3v) is 5.90. The number of thioether (sulfide) groups is 1. The molecule has 0 radical (unpaired) electrons. The van der Waals surface area contributed by atoms with Crippen LogP contribution < -0.4 is 9.47 Å². The van der Waals surface area contributed by atoms with Gasteiger partial charge in [0.05, 0.1) is 36.3 Å². The predicted molar refractivity (Wildman–Crippen MR) is 120 cm³/mol. The summed E-state index contributed by atoms with van der Waals surface area (Å²) in [5, 5.41) is 0.856. The van der Waals surface area contributed by atoms with Gasteiger partial charge in [0, 0.05) is 22.9 Å². The Balaban J connectivity index is 1.42. The van der Waals surface area contributed by atoms with Crippen LogP contribution in [-0.2, 0) is 5.75 Å². The number of nitrogens with zero attached hydrogens (tertiary/aromatic N) is 2. The molecule has 0 aliphatic heterocycles. The van der Waals surface area contributed by atoms with Crippen LogP contribution in [0.1, 0.15) is 5.56 Å². The van der Waals surface area contributed by atoms with E-state index in [-0.39, 0.29) is 0 Å². The number of methoxy groups -OCH3 is 2. The van der Waals surface area contributed by atoms with Crippen molar-refractivity contribution >= 4 is 33.8 Å². The number of para-hydroxylation sites is 2. The molecule has 0 spiro atoms. The molecule has 2 heterocycles. The highest BCUT2D eigenvalue weighted by Crippen LogP contribution is 2.32. The second kappa shape index (κ2) is 7.76. The number of rotatable bonds is 6. The largest absolute Gasteiger partial charge is 0.497 e. The lowest BCUT2D eigenvalue weighted by Gasteiger charge is -2.09. The molecule has 0 amide bonds. The fourth-order valence-electron chi connectivity index (χ4n) is 3.43. The van der Waals surface area contributed by atoms with Gasteiger partial charge < -0.3 is 19.4 Å². The quantitative estimate of drug-likeness (QED) is 0.362. The molecule has 2 N–H and O–H groups in total. The monoisotopic (exact) mass is 416 g/mol. The number of fused-ring (bicyclic) bond motifs is 2. The molecule has 3 aromatic carbocycles. The van der Waals surface area contributed by atoms with Gasteiger partial charge in [-0.2, -0.15) is 0 Å². The van der Waals surface area contributed by atoms with Gasteiger partial charge in [-0.1, -0.05) is 23.9 Å². The molecule has 2 aromatic heterocycles. The Bertz CT molecular complexity index is 1310. The first-order chi connectivity index (χ1) is 14.7. The lowest BCUT2D eigenvalue weighted by molar-refractivity contribution is 0.411. The highest BCUT2D eigenvalue weighted by atomic mass is 32.2. The summed E-state index contributed by atoms with van der Waals surface area (Å²) in [7, 11) is 3.35. The zero-order valence-electron chi connectivity index (χ0n) is 16.6. The van der Waals surface area contributed by atoms with Crippen LogP contribution in [0.15, 0.2) is 65.8 Å². The Morgan fingerprint density at radius 3 is 2.53 bits per heavy atom. The molecular weight excluding hydrogens is 396 g/mol. The summed E-state index contributed by atoms with van der Waals surface area (Å²) < 4.78 is 10.9. The van der Waals surface area contributed by atoms with E-state index in [1.807, 2.05) is 54.6 Å². The van der Waals surface area contributed by atoms with Crippen molar-refractivity contribution in [3.05, 3.63) is 66.2 Å². The number of hydrogen-bond donors (Lipinski definition) is 2. The van der Waals surface area contributed by atoms with Crippen LogP contribution in [0.5, 0.6) is 11.5 Å². The molecule has 0 atom stereocenters. The smallest absolute Gasteiger partial charge is 0.166 e. The van der Waals surface area contributed by atoms with Crippen molar-refractivity contribution in [1.29, 1.82) is 0 Å². The predicted octanol–water partition coefficient (Wildman–Crippen LogP) is 5.42. The molecule has 5 rings (SSSR count). The third kappa shape index (κ3) is 3.48. The first-order valence-corrected chi connectivity index (χ1v) is 10.5. The van der Waals surface area contributed by atoms with Gasteiger partial charge in [0.25, 0.3) is 0 Å². The van der Waals surface area contributed by atoms with Crippen LogP contribution in [-0.4, -0.2) is 34.2 Å². The van der Waals surface area contributed by atoms with E-state index in [9.17, 15) is 0 Å². The van der Waals surface area contributed by atoms with Gasteiger partial charge in [-0.05, 0) is 42.5 Å². The van der Waals surface area contributed by atoms with Crippen LogP contribution in [0.4, 0.5) is 0 Å². The van der Waals surface area contributed by atoms with E-state index in [4.69, 9.17) is 14.5 Å². The summed E-state index contributed by atoms with van der Waals surface area (Å²) >= 11 is 1.63. The average Bonchev–Trinajstić information content (AvgIpc) is 3.40. The van der Waals surface area contributed by atoms with Crippen molar-refractivity contribution in [2.75, 3.05) is 14.2 Å². The first-order valence-electron chi connectivity index (χ1n) is 9.52. The van der Waals surface area contributed by atoms with Crippen molar-refractivity contribution in [3.8, 4) is 22.9 Å². The first kappa shape index (κ1) is 18.6. The number of ether oxygens (including phenoxy) is 2. The molecule has 6 nitrogen and oxygen atoms in total. The summed E-state index contributed by atoms with van der Waals surface area (Å²) in [6, 6.07) is 20.0. The molecular formula is C23H20N4O2S. The Morgan fingerprint density at radius 1 is 0.833 bits per heavy atom. The van der Waals surface area contributed by atoms with Gasteiger partial charge in [0.2, 0.25) is 0 Å². The van der Waals surface area contributed by atoms with Gasteiger partial charge in [0.1, 0.15) is 17.3 Å². The number of aromatic nitrogens is 4. The minimum absolute atomic E-state index is 0.716. The Kier molecular flexibility index (Phi) is 4.80. The van der Waals surface area contributed by atoms with Crippen LogP contribution >= 0.6 is 11.8 Å². The van der Waals surface area contributed by atoms with E-state index in [1.54, 1.807) is 26.0 Å².